The maximum atomic E-state index is 13.1. The molecule has 150 valence electrons. The number of carbonyl (C=O) groups is 2. The van der Waals surface area contributed by atoms with Crippen molar-refractivity contribution in [3.05, 3.63) is 84.1 Å². The summed E-state index contributed by atoms with van der Waals surface area (Å²) >= 11 is 0. The van der Waals surface area contributed by atoms with Crippen molar-refractivity contribution in [2.75, 3.05) is 23.0 Å². The molecule has 0 saturated heterocycles. The lowest BCUT2D eigenvalue weighted by Crippen LogP contribution is -2.47. The van der Waals surface area contributed by atoms with Crippen LogP contribution in [0.3, 0.4) is 0 Å². The van der Waals surface area contributed by atoms with E-state index in [1.54, 1.807) is 19.2 Å². The molecule has 0 fully saturated rings. The first-order chi connectivity index (χ1) is 14.5. The van der Waals surface area contributed by atoms with Crippen LogP contribution in [0.15, 0.2) is 77.9 Å². The van der Waals surface area contributed by atoms with Crippen LogP contribution in [-0.2, 0) is 4.79 Å². The third-order valence-corrected chi connectivity index (χ3v) is 4.70. The van der Waals surface area contributed by atoms with Gasteiger partial charge in [0, 0.05) is 18.2 Å². The summed E-state index contributed by atoms with van der Waals surface area (Å²) in [6.07, 6.45) is 0.337. The number of hydrogen-bond acceptors (Lipinski definition) is 5. The Morgan fingerprint density at radius 2 is 1.77 bits per heavy atom. The smallest absolute Gasteiger partial charge is 0.321 e. The summed E-state index contributed by atoms with van der Waals surface area (Å²) in [6.45, 7) is 0. The highest BCUT2D eigenvalue weighted by Crippen LogP contribution is 2.27. The molecule has 0 bridgehead atoms. The molecule has 3 aromatic rings. The summed E-state index contributed by atoms with van der Waals surface area (Å²) in [4.78, 5) is 35.7. The van der Waals surface area contributed by atoms with Crippen LogP contribution in [0.1, 0.15) is 11.1 Å². The Morgan fingerprint density at radius 3 is 2.50 bits per heavy atom. The molecule has 2 aromatic carbocycles. The van der Waals surface area contributed by atoms with E-state index in [0.29, 0.717) is 17.2 Å². The van der Waals surface area contributed by atoms with Crippen LogP contribution in [0.25, 0.3) is 0 Å². The molecule has 1 aromatic heterocycles. The van der Waals surface area contributed by atoms with E-state index in [4.69, 9.17) is 5.73 Å². The van der Waals surface area contributed by atoms with Crippen LogP contribution in [0.5, 0.6) is 0 Å². The fraction of sp³-hybridized carbons (Fsp3) is 0.0909. The maximum absolute atomic E-state index is 13.1. The third-order valence-electron chi connectivity index (χ3n) is 4.70. The van der Waals surface area contributed by atoms with Crippen LogP contribution >= 0.6 is 0 Å². The topological polar surface area (TPSA) is 113 Å². The standard InChI is InChI=1S/C22H20N6O2/c1-28-17-10-6-5-9-16(17)19(14-7-3-2-4-8-14)26-20(21(28)29)27-22(30)25-15-11-12-18(23)24-13-15/h2-13,20H,1H3,(H2,23,24)(H2,25,27,30)/t20-/m0/s1. The van der Waals surface area contributed by atoms with Gasteiger partial charge in [-0.1, -0.05) is 48.5 Å². The van der Waals surface area contributed by atoms with Crippen LogP contribution in [-0.4, -0.2) is 35.8 Å². The summed E-state index contributed by atoms with van der Waals surface area (Å²) < 4.78 is 0. The summed E-state index contributed by atoms with van der Waals surface area (Å²) in [5.41, 5.74) is 9.02. The minimum absolute atomic E-state index is 0.344. The number of hydrogen-bond donors (Lipinski definition) is 3. The van der Waals surface area contributed by atoms with Gasteiger partial charge in [0.1, 0.15) is 5.82 Å². The lowest BCUT2D eigenvalue weighted by atomic mass is 10.0. The number of para-hydroxylation sites is 1. The Balaban J connectivity index is 1.68. The Bertz CT molecular complexity index is 1110. The number of rotatable bonds is 3. The van der Waals surface area contributed by atoms with Crippen LogP contribution in [0.2, 0.25) is 0 Å². The van der Waals surface area contributed by atoms with Crippen molar-refractivity contribution in [3.63, 3.8) is 0 Å². The van der Waals surface area contributed by atoms with Gasteiger partial charge in [0.05, 0.1) is 23.3 Å². The fourth-order valence-corrected chi connectivity index (χ4v) is 3.21. The number of pyridine rings is 1. The number of likely N-dealkylation sites (N-methyl/N-ethyl adjacent to an activating group) is 1. The molecule has 4 rings (SSSR count). The minimum Gasteiger partial charge on any atom is -0.384 e. The van der Waals surface area contributed by atoms with Gasteiger partial charge >= 0.3 is 6.03 Å². The highest BCUT2D eigenvalue weighted by Gasteiger charge is 2.30. The second-order valence-electron chi connectivity index (χ2n) is 6.73. The van der Waals surface area contributed by atoms with Gasteiger partial charge in [0.25, 0.3) is 5.91 Å². The highest BCUT2D eigenvalue weighted by atomic mass is 16.2. The van der Waals surface area contributed by atoms with Gasteiger partial charge in [-0.25, -0.2) is 14.8 Å². The van der Waals surface area contributed by atoms with E-state index >= 15 is 0 Å². The van der Waals surface area contributed by atoms with Crippen molar-refractivity contribution in [1.29, 1.82) is 0 Å². The Hall–Kier alpha value is -4.20. The molecule has 0 spiro atoms. The summed E-state index contributed by atoms with van der Waals surface area (Å²) in [6, 6.07) is 19.7. The zero-order valence-corrected chi connectivity index (χ0v) is 16.2. The molecule has 1 aliphatic rings. The summed E-state index contributed by atoms with van der Waals surface area (Å²) in [5.74, 6) is -0.00430. The van der Waals surface area contributed by atoms with Crippen molar-refractivity contribution in [1.82, 2.24) is 10.3 Å². The van der Waals surface area contributed by atoms with Crippen LogP contribution in [0.4, 0.5) is 22.0 Å². The maximum Gasteiger partial charge on any atom is 0.321 e. The van der Waals surface area contributed by atoms with E-state index in [2.05, 4.69) is 20.6 Å². The molecule has 0 saturated carbocycles. The second kappa shape index (κ2) is 8.04. The van der Waals surface area contributed by atoms with Crippen molar-refractivity contribution >= 4 is 34.8 Å². The summed E-state index contributed by atoms with van der Waals surface area (Å²) in [7, 11) is 1.67. The summed E-state index contributed by atoms with van der Waals surface area (Å²) in [5, 5.41) is 5.29. The molecule has 8 heteroatoms. The van der Waals surface area contributed by atoms with E-state index in [1.807, 2.05) is 54.6 Å². The highest BCUT2D eigenvalue weighted by molar-refractivity contribution is 6.20. The number of fused-ring (bicyclic) bond motifs is 1. The Labute approximate surface area is 173 Å². The predicted molar refractivity (Wildman–Crippen MR) is 117 cm³/mol. The third kappa shape index (κ3) is 3.83. The molecule has 1 atom stereocenters. The zero-order chi connectivity index (χ0) is 21.1. The number of benzene rings is 2. The largest absolute Gasteiger partial charge is 0.384 e. The molecule has 0 radical (unpaired) electrons. The number of nitrogen functional groups attached to an aromatic ring is 1. The van der Waals surface area contributed by atoms with Crippen molar-refractivity contribution in [2.24, 2.45) is 4.99 Å². The van der Waals surface area contributed by atoms with Crippen molar-refractivity contribution in [2.45, 2.75) is 6.17 Å². The number of nitrogens with one attached hydrogen (secondary N) is 2. The number of amides is 3. The average molecular weight is 400 g/mol. The van der Waals surface area contributed by atoms with Crippen molar-refractivity contribution < 1.29 is 9.59 Å². The van der Waals surface area contributed by atoms with E-state index in [-0.39, 0.29) is 5.91 Å². The van der Waals surface area contributed by atoms with Gasteiger partial charge in [-0.2, -0.15) is 0 Å². The molecule has 2 heterocycles. The lowest BCUT2D eigenvalue weighted by Gasteiger charge is -2.21. The number of urea groups is 1. The van der Waals surface area contributed by atoms with Gasteiger partial charge in [0.2, 0.25) is 6.17 Å². The van der Waals surface area contributed by atoms with E-state index in [9.17, 15) is 9.59 Å². The normalized spacial score (nSPS) is 15.6. The molecular weight excluding hydrogens is 380 g/mol. The SMILES string of the molecule is CN1C(=O)[C@H](NC(=O)Nc2ccc(N)nc2)N=C(c2ccccc2)c2ccccc21. The molecule has 3 amide bonds. The van der Waals surface area contributed by atoms with Crippen LogP contribution in [0, 0.1) is 0 Å². The minimum atomic E-state index is -1.10. The second-order valence-corrected chi connectivity index (χ2v) is 6.73. The van der Waals surface area contributed by atoms with E-state index in [0.717, 1.165) is 16.8 Å². The van der Waals surface area contributed by atoms with Crippen molar-refractivity contribution in [3.8, 4) is 0 Å². The number of benzodiazepines with no additional fused rings is 1. The number of anilines is 3. The number of carbonyl (C=O) groups excluding carboxylic acids is 2. The first-order valence-corrected chi connectivity index (χ1v) is 9.32. The Morgan fingerprint density at radius 1 is 1.03 bits per heavy atom. The number of nitrogens with zero attached hydrogens (tertiary/aromatic N) is 3. The van der Waals surface area contributed by atoms with Gasteiger partial charge in [0.15, 0.2) is 0 Å². The van der Waals surface area contributed by atoms with Gasteiger partial charge in [-0.3, -0.25) is 4.79 Å². The number of aromatic nitrogens is 1. The van der Waals surface area contributed by atoms with E-state index < -0.39 is 12.2 Å². The van der Waals surface area contributed by atoms with Gasteiger partial charge < -0.3 is 21.3 Å². The van der Waals surface area contributed by atoms with E-state index in [1.165, 1.54) is 11.1 Å². The monoisotopic (exact) mass is 400 g/mol. The number of nitrogens with two attached hydrogens (primary N) is 1. The van der Waals surface area contributed by atoms with Gasteiger partial charge in [-0.05, 0) is 18.2 Å². The fourth-order valence-electron chi connectivity index (χ4n) is 3.21. The zero-order valence-electron chi connectivity index (χ0n) is 16.2. The van der Waals surface area contributed by atoms with Gasteiger partial charge in [-0.15, -0.1) is 0 Å². The Kier molecular flexibility index (Phi) is 5.13. The molecule has 8 nitrogen and oxygen atoms in total. The quantitative estimate of drug-likeness (QED) is 0.627. The van der Waals surface area contributed by atoms with Crippen LogP contribution < -0.4 is 21.3 Å². The first kappa shape index (κ1) is 19.1. The predicted octanol–water partition coefficient (Wildman–Crippen LogP) is 2.63. The molecule has 30 heavy (non-hydrogen) atoms. The first-order valence-electron chi connectivity index (χ1n) is 9.32. The number of aliphatic imine (C=N–C) groups is 1. The molecular formula is C22H20N6O2. The molecule has 0 unspecified atom stereocenters. The lowest BCUT2D eigenvalue weighted by molar-refractivity contribution is -0.119. The molecule has 4 N–H and O–H groups in total. The average Bonchev–Trinajstić information content (AvgIpc) is 2.87. The molecule has 0 aliphatic carbocycles. The molecule has 1 aliphatic heterocycles.